The van der Waals surface area contributed by atoms with E-state index in [-0.39, 0.29) is 35.2 Å². The number of aliphatic hydroxyl groups excluding tert-OH is 1. The van der Waals surface area contributed by atoms with Crippen LogP contribution >= 0.6 is 0 Å². The normalized spacial score (nSPS) is 11.8. The molecule has 0 aromatic rings. The van der Waals surface area contributed by atoms with E-state index in [9.17, 15) is 9.90 Å². The Morgan fingerprint density at radius 1 is 1.78 bits per heavy atom. The van der Waals surface area contributed by atoms with Crippen LogP contribution in [0.5, 0.6) is 0 Å². The molecular formula is C5H9AgO3. The van der Waals surface area contributed by atoms with Gasteiger partial charge in [-0.1, -0.05) is 0 Å². The average Bonchev–Trinajstić information content (AvgIpc) is 1.61. The molecule has 0 unspecified atom stereocenters. The van der Waals surface area contributed by atoms with Crippen molar-refractivity contribution in [3.63, 3.8) is 0 Å². The van der Waals surface area contributed by atoms with Gasteiger partial charge in [0, 0.05) is 5.97 Å². The second-order valence-corrected chi connectivity index (χ2v) is 1.76. The van der Waals surface area contributed by atoms with Crippen molar-refractivity contribution in [2.45, 2.75) is 25.9 Å². The van der Waals surface area contributed by atoms with Crippen molar-refractivity contribution < 1.29 is 37.4 Å². The fourth-order valence-corrected chi connectivity index (χ4v) is 0.327. The topological polar surface area (TPSA) is 60.4 Å². The Morgan fingerprint density at radius 3 is 2.33 bits per heavy atom. The summed E-state index contributed by atoms with van der Waals surface area (Å²) in [6.07, 6.45) is -0.312. The Kier molecular flexibility index (Phi) is 8.32. The SMILES string of the molecule is C[C@@H](O)CCC(=O)[O-].[Ag+]. The molecule has 0 heterocycles. The summed E-state index contributed by atoms with van der Waals surface area (Å²) >= 11 is 0. The molecule has 9 heavy (non-hydrogen) atoms. The molecule has 1 N–H and O–H groups in total. The van der Waals surface area contributed by atoms with E-state index >= 15 is 0 Å². The summed E-state index contributed by atoms with van der Waals surface area (Å²) in [6.45, 7) is 1.54. The fraction of sp³-hybridized carbons (Fsp3) is 0.800. The molecule has 0 saturated carbocycles. The minimum atomic E-state index is -1.11. The number of rotatable bonds is 3. The van der Waals surface area contributed by atoms with Gasteiger partial charge in [0.25, 0.3) is 0 Å². The Labute approximate surface area is 69.6 Å². The molecule has 0 aliphatic heterocycles. The molecule has 0 rings (SSSR count). The quantitative estimate of drug-likeness (QED) is 0.620. The van der Waals surface area contributed by atoms with E-state index in [1.54, 1.807) is 6.92 Å². The third-order valence-corrected chi connectivity index (χ3v) is 0.766. The molecule has 0 spiro atoms. The summed E-state index contributed by atoms with van der Waals surface area (Å²) in [6, 6.07) is 0. The summed E-state index contributed by atoms with van der Waals surface area (Å²) in [4.78, 5) is 9.68. The number of carbonyl (C=O) groups is 1. The van der Waals surface area contributed by atoms with E-state index in [1.807, 2.05) is 0 Å². The van der Waals surface area contributed by atoms with Gasteiger partial charge in [0.2, 0.25) is 0 Å². The van der Waals surface area contributed by atoms with Crippen molar-refractivity contribution in [1.29, 1.82) is 0 Å². The molecule has 0 fully saturated rings. The predicted molar refractivity (Wildman–Crippen MR) is 25.9 cm³/mol. The second-order valence-electron chi connectivity index (χ2n) is 1.76. The Bertz CT molecular complexity index is 82.3. The molecule has 1 atom stereocenters. The van der Waals surface area contributed by atoms with Crippen LogP contribution in [-0.4, -0.2) is 17.2 Å². The van der Waals surface area contributed by atoms with Gasteiger partial charge in [0.15, 0.2) is 0 Å². The van der Waals surface area contributed by atoms with Crippen LogP contribution in [0.4, 0.5) is 0 Å². The number of hydrogen-bond acceptors (Lipinski definition) is 3. The molecule has 0 bridgehead atoms. The van der Waals surface area contributed by atoms with Gasteiger partial charge in [-0.15, -0.1) is 0 Å². The number of hydrogen-bond donors (Lipinski definition) is 1. The van der Waals surface area contributed by atoms with Gasteiger partial charge in [0.05, 0.1) is 6.10 Å². The zero-order valence-corrected chi connectivity index (χ0v) is 6.54. The minimum Gasteiger partial charge on any atom is -0.550 e. The standard InChI is InChI=1S/C5H10O3.Ag/c1-4(6)2-3-5(7)8;/h4,6H,2-3H2,1H3,(H,7,8);/q;+1/p-1/t4-;/m1./s1. The molecule has 0 aromatic heterocycles. The van der Waals surface area contributed by atoms with Gasteiger partial charge in [-0.05, 0) is 19.8 Å². The molecule has 0 aliphatic rings. The fourth-order valence-electron chi connectivity index (χ4n) is 0.327. The number of aliphatic hydroxyl groups is 1. The molecule has 0 radical (unpaired) electrons. The van der Waals surface area contributed by atoms with E-state index < -0.39 is 12.1 Å². The summed E-state index contributed by atoms with van der Waals surface area (Å²) in [5.41, 5.74) is 0. The van der Waals surface area contributed by atoms with Crippen LogP contribution in [0.1, 0.15) is 19.8 Å². The van der Waals surface area contributed by atoms with Gasteiger partial charge >= 0.3 is 22.4 Å². The summed E-state index contributed by atoms with van der Waals surface area (Å²) < 4.78 is 0. The molecule has 0 amide bonds. The zero-order chi connectivity index (χ0) is 6.57. The largest absolute Gasteiger partial charge is 1.00 e. The van der Waals surface area contributed by atoms with Crippen molar-refractivity contribution in [3.05, 3.63) is 0 Å². The number of carbonyl (C=O) groups excluding carboxylic acids is 1. The number of aliphatic carboxylic acids is 1. The average molecular weight is 225 g/mol. The molecule has 0 aliphatic carbocycles. The molecule has 4 heteroatoms. The van der Waals surface area contributed by atoms with Crippen LogP contribution in [0.25, 0.3) is 0 Å². The van der Waals surface area contributed by atoms with E-state index in [4.69, 9.17) is 5.11 Å². The van der Waals surface area contributed by atoms with Crippen molar-refractivity contribution in [2.75, 3.05) is 0 Å². The van der Waals surface area contributed by atoms with Crippen molar-refractivity contribution >= 4 is 5.97 Å². The van der Waals surface area contributed by atoms with Gasteiger partial charge in [-0.25, -0.2) is 0 Å². The van der Waals surface area contributed by atoms with Crippen molar-refractivity contribution in [3.8, 4) is 0 Å². The van der Waals surface area contributed by atoms with Crippen LogP contribution in [0.2, 0.25) is 0 Å². The van der Waals surface area contributed by atoms with E-state index in [0.717, 1.165) is 0 Å². The predicted octanol–water partition coefficient (Wildman–Crippen LogP) is -1.11. The third-order valence-electron chi connectivity index (χ3n) is 0.766. The minimum absolute atomic E-state index is 0. The van der Waals surface area contributed by atoms with Crippen LogP contribution in [0.15, 0.2) is 0 Å². The van der Waals surface area contributed by atoms with Gasteiger partial charge in [0.1, 0.15) is 0 Å². The maximum atomic E-state index is 9.68. The first-order valence-electron chi connectivity index (χ1n) is 2.51. The Balaban J connectivity index is 0. The second kappa shape index (κ2) is 6.29. The Morgan fingerprint density at radius 2 is 2.22 bits per heavy atom. The molecule has 58 valence electrons. The van der Waals surface area contributed by atoms with Gasteiger partial charge in [-0.2, -0.15) is 0 Å². The zero-order valence-electron chi connectivity index (χ0n) is 5.06. The maximum absolute atomic E-state index is 9.68. The smallest absolute Gasteiger partial charge is 0.550 e. The number of carboxylic acids is 1. The van der Waals surface area contributed by atoms with Gasteiger partial charge in [-0.3, -0.25) is 0 Å². The first kappa shape index (κ1) is 11.9. The van der Waals surface area contributed by atoms with Crippen molar-refractivity contribution in [2.24, 2.45) is 0 Å². The summed E-state index contributed by atoms with van der Waals surface area (Å²) in [5, 5.41) is 18.2. The third kappa shape index (κ3) is 11.6. The van der Waals surface area contributed by atoms with Crippen molar-refractivity contribution in [1.82, 2.24) is 0 Å². The number of carboxylic acid groups (broad SMARTS) is 1. The summed E-state index contributed by atoms with van der Waals surface area (Å²) in [7, 11) is 0. The first-order valence-corrected chi connectivity index (χ1v) is 2.51. The van der Waals surface area contributed by atoms with Crippen LogP contribution in [0, 0.1) is 0 Å². The van der Waals surface area contributed by atoms with E-state index in [0.29, 0.717) is 0 Å². The van der Waals surface area contributed by atoms with Crippen LogP contribution in [-0.2, 0) is 27.2 Å². The van der Waals surface area contributed by atoms with Crippen LogP contribution < -0.4 is 5.11 Å². The van der Waals surface area contributed by atoms with E-state index in [2.05, 4.69) is 0 Å². The summed E-state index contributed by atoms with van der Waals surface area (Å²) in [5.74, 6) is -1.11. The molecule has 0 saturated heterocycles. The molecule has 3 nitrogen and oxygen atoms in total. The Hall–Kier alpha value is 0.170. The monoisotopic (exact) mass is 224 g/mol. The molecule has 0 aromatic carbocycles. The van der Waals surface area contributed by atoms with E-state index in [1.165, 1.54) is 0 Å². The molecular weight excluding hydrogens is 216 g/mol. The van der Waals surface area contributed by atoms with Crippen LogP contribution in [0.3, 0.4) is 0 Å². The van der Waals surface area contributed by atoms with Gasteiger partial charge < -0.3 is 15.0 Å². The maximum Gasteiger partial charge on any atom is 1.00 e. The first-order chi connectivity index (χ1) is 3.63.